The van der Waals surface area contributed by atoms with Gasteiger partial charge in [-0.3, -0.25) is 0 Å². The molecule has 5 atom stereocenters. The zero-order valence-corrected chi connectivity index (χ0v) is 19.9. The molecule has 3 saturated carbocycles. The number of aliphatic hydroxyl groups excluding tert-OH is 1. The third-order valence-corrected chi connectivity index (χ3v) is 8.76. The lowest BCUT2D eigenvalue weighted by Gasteiger charge is -2.44. The molecule has 0 aromatic rings. The van der Waals surface area contributed by atoms with Crippen molar-refractivity contribution in [3.05, 3.63) is 35.5 Å². The molecule has 176 valence electrons. The molecule has 0 aromatic heterocycles. The van der Waals surface area contributed by atoms with Gasteiger partial charge in [0.05, 0.1) is 6.10 Å². The highest BCUT2D eigenvalue weighted by molar-refractivity contribution is 5.28. The molecular formula is C27H42F2O2. The summed E-state index contributed by atoms with van der Waals surface area (Å²) in [5.41, 5.74) is 1.96. The molecule has 3 rings (SSSR count). The number of hydrogen-bond acceptors (Lipinski definition) is 2. The molecule has 0 aliphatic heterocycles. The van der Waals surface area contributed by atoms with E-state index in [9.17, 15) is 19.0 Å². The third-order valence-electron chi connectivity index (χ3n) is 8.76. The average molecular weight is 437 g/mol. The summed E-state index contributed by atoms with van der Waals surface area (Å²) in [6.45, 7) is 10.9. The largest absolute Gasteiger partial charge is 0.388 e. The lowest BCUT2D eigenvalue weighted by atomic mass is 9.60. The van der Waals surface area contributed by atoms with Crippen LogP contribution in [0.4, 0.5) is 8.78 Å². The summed E-state index contributed by atoms with van der Waals surface area (Å²) < 4.78 is 28.6. The minimum atomic E-state index is -3.06. The van der Waals surface area contributed by atoms with E-state index in [1.807, 2.05) is 0 Å². The van der Waals surface area contributed by atoms with Gasteiger partial charge in [-0.1, -0.05) is 43.7 Å². The predicted molar refractivity (Wildman–Crippen MR) is 123 cm³/mol. The van der Waals surface area contributed by atoms with Gasteiger partial charge in [-0.2, -0.15) is 0 Å². The highest BCUT2D eigenvalue weighted by Gasteiger charge is 2.51. The number of hydrogen-bond donors (Lipinski definition) is 2. The molecule has 4 heteroatoms. The average Bonchev–Trinajstić information content (AvgIpc) is 3.04. The van der Waals surface area contributed by atoms with Crippen LogP contribution in [0.1, 0.15) is 91.9 Å². The Morgan fingerprint density at radius 3 is 2.55 bits per heavy atom. The molecular weight excluding hydrogens is 394 g/mol. The minimum Gasteiger partial charge on any atom is -0.388 e. The zero-order valence-electron chi connectivity index (χ0n) is 19.9. The quantitative estimate of drug-likeness (QED) is 0.441. The monoisotopic (exact) mass is 436 g/mol. The van der Waals surface area contributed by atoms with Crippen LogP contribution in [0.2, 0.25) is 0 Å². The Morgan fingerprint density at radius 1 is 1.19 bits per heavy atom. The first-order valence-electron chi connectivity index (χ1n) is 12.2. The van der Waals surface area contributed by atoms with E-state index in [4.69, 9.17) is 0 Å². The summed E-state index contributed by atoms with van der Waals surface area (Å²) in [5.74, 6) is -1.85. The maximum atomic E-state index is 14.3. The number of aliphatic hydroxyl groups is 2. The van der Waals surface area contributed by atoms with Crippen LogP contribution in [0.15, 0.2) is 35.5 Å². The zero-order chi connectivity index (χ0) is 23.0. The fourth-order valence-electron chi connectivity index (χ4n) is 6.49. The maximum absolute atomic E-state index is 14.3. The van der Waals surface area contributed by atoms with E-state index < -0.39 is 17.6 Å². The summed E-state index contributed by atoms with van der Waals surface area (Å²) in [4.78, 5) is 0. The van der Waals surface area contributed by atoms with Crippen LogP contribution < -0.4 is 0 Å². The first kappa shape index (κ1) is 24.6. The molecule has 0 radical (unpaired) electrons. The molecule has 0 spiro atoms. The first-order chi connectivity index (χ1) is 14.3. The molecule has 0 bridgehead atoms. The van der Waals surface area contributed by atoms with Crippen LogP contribution in [0, 0.1) is 23.2 Å². The molecule has 31 heavy (non-hydrogen) atoms. The number of fused-ring (bicyclic) bond motifs is 1. The van der Waals surface area contributed by atoms with Gasteiger partial charge in [0.25, 0.3) is 5.92 Å². The van der Waals surface area contributed by atoms with Gasteiger partial charge in [0.2, 0.25) is 0 Å². The van der Waals surface area contributed by atoms with E-state index in [0.29, 0.717) is 24.7 Å². The van der Waals surface area contributed by atoms with Crippen LogP contribution in [-0.2, 0) is 0 Å². The topological polar surface area (TPSA) is 40.5 Å². The van der Waals surface area contributed by atoms with E-state index in [2.05, 4.69) is 32.6 Å². The Morgan fingerprint density at radius 2 is 1.90 bits per heavy atom. The molecule has 3 aliphatic rings. The molecule has 5 unspecified atom stereocenters. The molecule has 0 amide bonds. The Balaban J connectivity index is 1.68. The van der Waals surface area contributed by atoms with E-state index >= 15 is 0 Å². The molecule has 0 saturated heterocycles. The number of allylic oxidation sites excluding steroid dienone is 3. The second-order valence-corrected chi connectivity index (χ2v) is 11.3. The van der Waals surface area contributed by atoms with E-state index in [1.54, 1.807) is 0 Å². The van der Waals surface area contributed by atoms with Gasteiger partial charge in [0, 0.05) is 6.42 Å². The Bertz CT molecular complexity index is 730. The van der Waals surface area contributed by atoms with Crippen molar-refractivity contribution in [2.24, 2.45) is 23.2 Å². The molecule has 2 nitrogen and oxygen atoms in total. The highest BCUT2D eigenvalue weighted by Crippen LogP contribution is 2.60. The van der Waals surface area contributed by atoms with Gasteiger partial charge in [-0.25, -0.2) is 8.78 Å². The number of halogens is 2. The van der Waals surface area contributed by atoms with Gasteiger partial charge >= 0.3 is 0 Å². The van der Waals surface area contributed by atoms with E-state index in [1.165, 1.54) is 31.4 Å². The summed E-state index contributed by atoms with van der Waals surface area (Å²) in [6, 6.07) is 0. The Hall–Kier alpha value is -1.00. The van der Waals surface area contributed by atoms with Gasteiger partial charge in [-0.15, -0.1) is 0 Å². The van der Waals surface area contributed by atoms with Crippen molar-refractivity contribution in [3.63, 3.8) is 0 Å². The summed E-state index contributed by atoms with van der Waals surface area (Å²) in [5, 5.41) is 19.9. The van der Waals surface area contributed by atoms with Crippen molar-refractivity contribution >= 4 is 0 Å². The Kier molecular flexibility index (Phi) is 7.23. The molecule has 3 aliphatic carbocycles. The van der Waals surface area contributed by atoms with E-state index in [-0.39, 0.29) is 17.8 Å². The standard InChI is InChI=1S/C27H42F2O2/c1-18(14-16-27(28,29)25(3,4)31)22-12-13-23-21(7-6-15-26(22,23)5)11-10-20-9-8-19(2)24(30)17-20/h10-11,18,22-24,30-31H,2,6-9,12-17H2,1,3-5H3/b20-10-,21-11+. The maximum Gasteiger partial charge on any atom is 0.275 e. The second kappa shape index (κ2) is 9.09. The lowest BCUT2D eigenvalue weighted by Crippen LogP contribution is -2.43. The number of rotatable bonds is 6. The highest BCUT2D eigenvalue weighted by atomic mass is 19.3. The van der Waals surface area contributed by atoms with Crippen LogP contribution in [0.3, 0.4) is 0 Å². The van der Waals surface area contributed by atoms with Crippen molar-refractivity contribution < 1.29 is 19.0 Å². The third kappa shape index (κ3) is 5.16. The minimum absolute atomic E-state index is 0.173. The smallest absolute Gasteiger partial charge is 0.275 e. The summed E-state index contributed by atoms with van der Waals surface area (Å²) in [7, 11) is 0. The number of alkyl halides is 2. The molecule has 0 heterocycles. The normalized spacial score (nSPS) is 36.1. The van der Waals surface area contributed by atoms with E-state index in [0.717, 1.165) is 44.1 Å². The summed E-state index contributed by atoms with van der Waals surface area (Å²) >= 11 is 0. The van der Waals surface area contributed by atoms with Crippen molar-refractivity contribution in [2.75, 3.05) is 0 Å². The van der Waals surface area contributed by atoms with Crippen LogP contribution >= 0.6 is 0 Å². The molecule has 2 N–H and O–H groups in total. The Labute approximate surface area is 187 Å². The fraction of sp³-hybridized carbons (Fsp3) is 0.778. The van der Waals surface area contributed by atoms with Crippen molar-refractivity contribution in [3.8, 4) is 0 Å². The van der Waals surface area contributed by atoms with Crippen molar-refractivity contribution in [2.45, 2.75) is 110 Å². The van der Waals surface area contributed by atoms with Crippen LogP contribution in [0.25, 0.3) is 0 Å². The van der Waals surface area contributed by atoms with Gasteiger partial charge in [0.1, 0.15) is 5.60 Å². The SMILES string of the molecule is C=C1CC/C(=C/C=C2\CCCC3(C)C2CCC3C(C)CCC(F)(F)C(C)(C)O)CC1O. The van der Waals surface area contributed by atoms with Crippen molar-refractivity contribution in [1.82, 2.24) is 0 Å². The molecule has 0 aromatic carbocycles. The first-order valence-corrected chi connectivity index (χ1v) is 12.2. The van der Waals surface area contributed by atoms with Crippen LogP contribution in [-0.4, -0.2) is 27.8 Å². The lowest BCUT2D eigenvalue weighted by molar-refractivity contribution is -0.168. The van der Waals surface area contributed by atoms with Crippen molar-refractivity contribution in [1.29, 1.82) is 0 Å². The van der Waals surface area contributed by atoms with Gasteiger partial charge < -0.3 is 10.2 Å². The van der Waals surface area contributed by atoms with Crippen LogP contribution in [0.5, 0.6) is 0 Å². The second-order valence-electron chi connectivity index (χ2n) is 11.3. The van der Waals surface area contributed by atoms with Gasteiger partial charge in [0.15, 0.2) is 0 Å². The fourth-order valence-corrected chi connectivity index (χ4v) is 6.49. The predicted octanol–water partition coefficient (Wildman–Crippen LogP) is 6.98. The summed E-state index contributed by atoms with van der Waals surface area (Å²) in [6.07, 6.45) is 12.6. The molecule has 3 fully saturated rings. The van der Waals surface area contributed by atoms with Gasteiger partial charge in [-0.05, 0) is 100 Å².